The molecule has 0 spiro atoms. The summed E-state index contributed by atoms with van der Waals surface area (Å²) in [6, 6.07) is 15.3. The van der Waals surface area contributed by atoms with Crippen LogP contribution in [-0.2, 0) is 4.79 Å². The molecule has 6 heteroatoms. The molecule has 138 valence electrons. The minimum absolute atomic E-state index is 0.342. The van der Waals surface area contributed by atoms with E-state index in [1.54, 1.807) is 37.3 Å². The van der Waals surface area contributed by atoms with Gasteiger partial charge in [-0.15, -0.1) is 0 Å². The number of para-hydroxylation sites is 1. The third-order valence-corrected chi connectivity index (χ3v) is 4.70. The van der Waals surface area contributed by atoms with Crippen LogP contribution >= 0.6 is 11.6 Å². The highest BCUT2D eigenvalue weighted by molar-refractivity contribution is 6.33. The molecule has 0 aliphatic carbocycles. The molecule has 3 aromatic rings. The smallest absolute Gasteiger partial charge is 0.267 e. The topological polar surface area (TPSA) is 64.0 Å². The molecule has 1 amide bonds. The number of carbonyl (C=O) groups is 1. The second-order valence-electron chi connectivity index (χ2n) is 6.46. The number of hydrogen-bond donors (Lipinski definition) is 1. The van der Waals surface area contributed by atoms with Gasteiger partial charge in [0, 0.05) is 11.6 Å². The minimum atomic E-state index is -0.793. The maximum absolute atomic E-state index is 12.6. The molecule has 0 unspecified atom stereocenters. The summed E-state index contributed by atoms with van der Waals surface area (Å²) in [5.41, 5.74) is 3.88. The zero-order valence-corrected chi connectivity index (χ0v) is 16.1. The Balaban J connectivity index is 1.94. The van der Waals surface area contributed by atoms with Crippen molar-refractivity contribution < 1.29 is 4.79 Å². The molecule has 0 saturated carbocycles. The van der Waals surface area contributed by atoms with Crippen molar-refractivity contribution in [3.8, 4) is 11.3 Å². The normalized spacial score (nSPS) is 11.9. The lowest BCUT2D eigenvalue weighted by Gasteiger charge is -2.16. The molecular formula is C21H20ClN3O2. The molecule has 1 atom stereocenters. The molecule has 0 saturated heterocycles. The van der Waals surface area contributed by atoms with Gasteiger partial charge in [-0.2, -0.15) is 5.10 Å². The quantitative estimate of drug-likeness (QED) is 0.729. The third kappa shape index (κ3) is 4.09. The number of halogens is 1. The first-order valence-corrected chi connectivity index (χ1v) is 8.97. The number of aromatic nitrogens is 2. The summed E-state index contributed by atoms with van der Waals surface area (Å²) < 4.78 is 1.20. The van der Waals surface area contributed by atoms with E-state index in [9.17, 15) is 9.59 Å². The molecule has 5 nitrogen and oxygen atoms in total. The second-order valence-corrected chi connectivity index (χ2v) is 6.87. The summed E-state index contributed by atoms with van der Waals surface area (Å²) in [5, 5.41) is 7.62. The van der Waals surface area contributed by atoms with Crippen LogP contribution in [0.15, 0.2) is 59.4 Å². The van der Waals surface area contributed by atoms with Crippen molar-refractivity contribution in [1.82, 2.24) is 9.78 Å². The van der Waals surface area contributed by atoms with Gasteiger partial charge in [-0.3, -0.25) is 9.59 Å². The molecule has 0 bridgehead atoms. The first-order chi connectivity index (χ1) is 12.9. The third-order valence-electron chi connectivity index (χ3n) is 4.37. The number of amides is 1. The maximum Gasteiger partial charge on any atom is 0.267 e. The molecule has 1 aromatic heterocycles. The van der Waals surface area contributed by atoms with Crippen molar-refractivity contribution in [3.63, 3.8) is 0 Å². The molecule has 0 radical (unpaired) electrons. The lowest BCUT2D eigenvalue weighted by Crippen LogP contribution is -2.33. The Bertz CT molecular complexity index is 1060. The van der Waals surface area contributed by atoms with Gasteiger partial charge >= 0.3 is 0 Å². The Morgan fingerprint density at radius 3 is 2.59 bits per heavy atom. The first kappa shape index (κ1) is 18.9. The summed E-state index contributed by atoms with van der Waals surface area (Å²) in [6.45, 7) is 5.62. The average Bonchev–Trinajstić information content (AvgIpc) is 2.65. The standard InChI is InChI=1S/C21H20ClN3O2/c1-13-8-9-14(2)16(12-13)18-10-11-20(26)25(24-18)15(3)21(27)23-19-7-5-4-6-17(19)22/h4-12,15H,1-3H3,(H,23,27)/t15-/m0/s1. The summed E-state index contributed by atoms with van der Waals surface area (Å²) in [5.74, 6) is -0.365. The van der Waals surface area contributed by atoms with Crippen molar-refractivity contribution in [2.24, 2.45) is 0 Å². The molecular weight excluding hydrogens is 362 g/mol. The Morgan fingerprint density at radius 1 is 1.11 bits per heavy atom. The summed E-state index contributed by atoms with van der Waals surface area (Å²) >= 11 is 6.09. The highest BCUT2D eigenvalue weighted by atomic mass is 35.5. The molecule has 2 aromatic carbocycles. The fourth-order valence-corrected chi connectivity index (χ4v) is 2.95. The van der Waals surface area contributed by atoms with E-state index in [2.05, 4.69) is 10.4 Å². The van der Waals surface area contributed by atoms with E-state index >= 15 is 0 Å². The average molecular weight is 382 g/mol. The van der Waals surface area contributed by atoms with Crippen LogP contribution in [0.5, 0.6) is 0 Å². The van der Waals surface area contributed by atoms with E-state index in [0.717, 1.165) is 16.7 Å². The number of nitrogens with one attached hydrogen (secondary N) is 1. The van der Waals surface area contributed by atoms with Gasteiger partial charge in [-0.1, -0.05) is 41.4 Å². The van der Waals surface area contributed by atoms with Gasteiger partial charge in [-0.25, -0.2) is 4.68 Å². The van der Waals surface area contributed by atoms with E-state index in [1.165, 1.54) is 10.7 Å². The number of hydrogen-bond acceptors (Lipinski definition) is 3. The Hall–Kier alpha value is -2.92. The number of rotatable bonds is 4. The summed E-state index contributed by atoms with van der Waals surface area (Å²) in [7, 11) is 0. The number of aryl methyl sites for hydroxylation is 2. The molecule has 0 fully saturated rings. The van der Waals surface area contributed by atoms with Gasteiger partial charge in [0.1, 0.15) is 6.04 Å². The number of nitrogens with zero attached hydrogens (tertiary/aromatic N) is 2. The van der Waals surface area contributed by atoms with E-state index < -0.39 is 6.04 Å². The lowest BCUT2D eigenvalue weighted by molar-refractivity contribution is -0.119. The maximum atomic E-state index is 12.6. The van der Waals surface area contributed by atoms with Crippen molar-refractivity contribution in [2.75, 3.05) is 5.32 Å². The van der Waals surface area contributed by atoms with Gasteiger partial charge in [0.15, 0.2) is 0 Å². The molecule has 1 N–H and O–H groups in total. The number of anilines is 1. The van der Waals surface area contributed by atoms with Crippen LogP contribution in [-0.4, -0.2) is 15.7 Å². The minimum Gasteiger partial charge on any atom is -0.323 e. The van der Waals surface area contributed by atoms with Gasteiger partial charge in [0.2, 0.25) is 5.91 Å². The molecule has 0 aliphatic heterocycles. The Labute approximate surface area is 162 Å². The zero-order chi connectivity index (χ0) is 19.6. The van der Waals surface area contributed by atoms with Gasteiger partial charge in [0.25, 0.3) is 5.56 Å². The van der Waals surface area contributed by atoms with Crippen LogP contribution in [0, 0.1) is 13.8 Å². The Morgan fingerprint density at radius 2 is 1.85 bits per heavy atom. The summed E-state index contributed by atoms with van der Waals surface area (Å²) in [4.78, 5) is 24.9. The predicted molar refractivity (Wildman–Crippen MR) is 108 cm³/mol. The lowest BCUT2D eigenvalue weighted by atomic mass is 10.0. The Kier molecular flexibility index (Phi) is 5.42. The van der Waals surface area contributed by atoms with E-state index in [-0.39, 0.29) is 11.5 Å². The largest absolute Gasteiger partial charge is 0.323 e. The monoisotopic (exact) mass is 381 g/mol. The van der Waals surface area contributed by atoms with Crippen LogP contribution in [0.1, 0.15) is 24.1 Å². The molecule has 3 rings (SSSR count). The fraction of sp³-hybridized carbons (Fsp3) is 0.190. The van der Waals surface area contributed by atoms with Gasteiger partial charge in [0.05, 0.1) is 16.4 Å². The van der Waals surface area contributed by atoms with Crippen LogP contribution < -0.4 is 10.9 Å². The molecule has 27 heavy (non-hydrogen) atoms. The van der Waals surface area contributed by atoms with E-state index in [1.807, 2.05) is 32.0 Å². The zero-order valence-electron chi connectivity index (χ0n) is 15.4. The first-order valence-electron chi connectivity index (χ1n) is 8.59. The second kappa shape index (κ2) is 7.76. The van der Waals surface area contributed by atoms with Crippen molar-refractivity contribution in [3.05, 3.63) is 81.1 Å². The SMILES string of the molecule is Cc1ccc(C)c(-c2ccc(=O)n([C@@H](C)C(=O)Nc3ccccc3Cl)n2)c1. The highest BCUT2D eigenvalue weighted by Gasteiger charge is 2.19. The van der Waals surface area contributed by atoms with Crippen molar-refractivity contribution in [2.45, 2.75) is 26.8 Å². The van der Waals surface area contributed by atoms with Crippen LogP contribution in [0.2, 0.25) is 5.02 Å². The number of benzene rings is 2. The molecule has 0 aliphatic rings. The fourth-order valence-electron chi connectivity index (χ4n) is 2.77. The number of carbonyl (C=O) groups excluding carboxylic acids is 1. The molecule has 1 heterocycles. The predicted octanol–water partition coefficient (Wildman–Crippen LogP) is 4.38. The van der Waals surface area contributed by atoms with Crippen molar-refractivity contribution in [1.29, 1.82) is 0 Å². The highest BCUT2D eigenvalue weighted by Crippen LogP contribution is 2.23. The van der Waals surface area contributed by atoms with Gasteiger partial charge in [-0.05, 0) is 50.6 Å². The summed E-state index contributed by atoms with van der Waals surface area (Å²) in [6.07, 6.45) is 0. The van der Waals surface area contributed by atoms with Crippen LogP contribution in [0.25, 0.3) is 11.3 Å². The van der Waals surface area contributed by atoms with E-state index in [0.29, 0.717) is 16.4 Å². The van der Waals surface area contributed by atoms with Crippen LogP contribution in [0.4, 0.5) is 5.69 Å². The van der Waals surface area contributed by atoms with Crippen molar-refractivity contribution >= 4 is 23.2 Å². The van der Waals surface area contributed by atoms with Crippen LogP contribution in [0.3, 0.4) is 0 Å². The van der Waals surface area contributed by atoms with Gasteiger partial charge < -0.3 is 5.32 Å². The van der Waals surface area contributed by atoms with E-state index in [4.69, 9.17) is 11.6 Å².